The molecule has 2 aliphatic heterocycles. The number of hydrogen-bond acceptors (Lipinski definition) is 3. The third kappa shape index (κ3) is 6.02. The van der Waals surface area contributed by atoms with Crippen LogP contribution in [0.5, 0.6) is 0 Å². The number of rotatable bonds is 4. The van der Waals surface area contributed by atoms with Gasteiger partial charge in [-0.3, -0.25) is 4.79 Å². The summed E-state index contributed by atoms with van der Waals surface area (Å²) in [5.41, 5.74) is -1.58. The molecule has 4 rings (SSSR count). The summed E-state index contributed by atoms with van der Waals surface area (Å²) in [6.07, 6.45) is -10.7. The van der Waals surface area contributed by atoms with Crippen LogP contribution in [0.2, 0.25) is 0 Å². The monoisotopic (exact) mass is 585 g/mol. The predicted octanol–water partition coefficient (Wildman–Crippen LogP) is 6.05. The molecule has 3 unspecified atom stereocenters. The molecule has 0 aromatic heterocycles. The van der Waals surface area contributed by atoms with Crippen LogP contribution < -0.4 is 0 Å². The number of aryl methyl sites for hydroxylation is 1. The molecule has 0 saturated carbocycles. The molecule has 6 nitrogen and oxygen atoms in total. The first-order chi connectivity index (χ1) is 19.0. The third-order valence-corrected chi connectivity index (χ3v) is 8.41. The quantitative estimate of drug-likeness (QED) is 0.445. The number of urea groups is 1. The van der Waals surface area contributed by atoms with Crippen molar-refractivity contribution in [3.05, 3.63) is 70.3 Å². The second kappa shape index (κ2) is 11.2. The van der Waals surface area contributed by atoms with Crippen LogP contribution in [0.25, 0.3) is 0 Å². The highest BCUT2D eigenvalue weighted by atomic mass is 19.4. The molecule has 12 heteroatoms. The van der Waals surface area contributed by atoms with Crippen LogP contribution in [-0.2, 0) is 17.1 Å². The van der Waals surface area contributed by atoms with E-state index in [-0.39, 0.29) is 24.4 Å². The number of aliphatic hydroxyl groups is 1. The number of alkyl halides is 6. The summed E-state index contributed by atoms with van der Waals surface area (Å²) >= 11 is 0. The van der Waals surface area contributed by atoms with Crippen LogP contribution in [0.3, 0.4) is 0 Å². The van der Waals surface area contributed by atoms with Crippen LogP contribution in [0.1, 0.15) is 60.2 Å². The van der Waals surface area contributed by atoms with Gasteiger partial charge in [0.25, 0.3) is 5.91 Å². The molecule has 2 aliphatic rings. The molecule has 2 aromatic carbocycles. The Labute approximate surface area is 234 Å². The topological polar surface area (TPSA) is 64.1 Å². The van der Waals surface area contributed by atoms with E-state index in [0.29, 0.717) is 25.6 Å². The zero-order valence-corrected chi connectivity index (χ0v) is 23.1. The molecule has 2 aromatic rings. The van der Waals surface area contributed by atoms with E-state index in [1.54, 1.807) is 9.80 Å². The Bertz CT molecular complexity index is 1300. The fourth-order valence-corrected chi connectivity index (χ4v) is 6.13. The van der Waals surface area contributed by atoms with Gasteiger partial charge in [-0.15, -0.1) is 0 Å². The molecule has 2 heterocycles. The lowest BCUT2D eigenvalue weighted by molar-refractivity contribution is -0.143. The Kier molecular flexibility index (Phi) is 8.37. The lowest BCUT2D eigenvalue weighted by Crippen LogP contribution is -2.51. The van der Waals surface area contributed by atoms with Crippen LogP contribution in [0, 0.1) is 18.8 Å². The molecule has 0 spiro atoms. The van der Waals surface area contributed by atoms with E-state index in [2.05, 4.69) is 0 Å². The van der Waals surface area contributed by atoms with Crippen molar-refractivity contribution in [2.45, 2.75) is 57.7 Å². The average Bonchev–Trinajstić information content (AvgIpc) is 3.34. The number of carbonyl (C=O) groups is 2. The second-order valence-electron chi connectivity index (χ2n) is 11.0. The number of halogens is 6. The normalized spacial score (nSPS) is 22.8. The molecule has 2 saturated heterocycles. The molecular formula is C29H33F6N3O3. The number of nitrogens with zero attached hydrogens (tertiary/aromatic N) is 3. The minimum absolute atomic E-state index is 0.0424. The van der Waals surface area contributed by atoms with E-state index >= 15 is 0 Å². The average molecular weight is 586 g/mol. The molecule has 0 radical (unpaired) electrons. The smallest absolute Gasteiger partial charge is 0.384 e. The molecule has 1 N–H and O–H groups in total. The number of carbonyl (C=O) groups excluding carboxylic acids is 2. The summed E-state index contributed by atoms with van der Waals surface area (Å²) in [5.74, 6) is -0.550. The number of likely N-dealkylation sites (tertiary alicyclic amines) is 2. The Balaban J connectivity index is 1.69. The van der Waals surface area contributed by atoms with Crippen molar-refractivity contribution >= 4 is 11.9 Å². The Morgan fingerprint density at radius 1 is 1.00 bits per heavy atom. The number of fused-ring (bicyclic) bond motifs is 1. The fourth-order valence-electron chi connectivity index (χ4n) is 6.13. The Morgan fingerprint density at radius 3 is 2.24 bits per heavy atom. The Morgan fingerprint density at radius 2 is 1.66 bits per heavy atom. The molecule has 0 bridgehead atoms. The van der Waals surface area contributed by atoms with Gasteiger partial charge in [-0.1, -0.05) is 30.3 Å². The second-order valence-corrected chi connectivity index (χ2v) is 11.0. The summed E-state index contributed by atoms with van der Waals surface area (Å²) in [4.78, 5) is 30.9. The largest absolute Gasteiger partial charge is 0.416 e. The number of piperidine rings is 1. The molecule has 2 fully saturated rings. The van der Waals surface area contributed by atoms with Gasteiger partial charge in [-0.2, -0.15) is 26.3 Å². The van der Waals surface area contributed by atoms with E-state index in [1.807, 2.05) is 31.2 Å². The van der Waals surface area contributed by atoms with Crippen LogP contribution in [-0.4, -0.2) is 64.5 Å². The van der Waals surface area contributed by atoms with Crippen molar-refractivity contribution in [1.82, 2.24) is 14.7 Å². The van der Waals surface area contributed by atoms with Crippen molar-refractivity contribution in [1.29, 1.82) is 0 Å². The molecule has 0 aliphatic carbocycles. The lowest BCUT2D eigenvalue weighted by atomic mass is 9.78. The highest BCUT2D eigenvalue weighted by Gasteiger charge is 2.48. The van der Waals surface area contributed by atoms with Crippen molar-refractivity contribution in [3.63, 3.8) is 0 Å². The van der Waals surface area contributed by atoms with Crippen molar-refractivity contribution in [3.8, 4) is 0 Å². The van der Waals surface area contributed by atoms with E-state index < -0.39 is 59.2 Å². The van der Waals surface area contributed by atoms with Gasteiger partial charge in [0.05, 0.1) is 23.2 Å². The van der Waals surface area contributed by atoms with Crippen molar-refractivity contribution in [2.75, 3.05) is 26.7 Å². The zero-order chi connectivity index (χ0) is 30.4. The minimum atomic E-state index is -5.07. The van der Waals surface area contributed by atoms with Crippen LogP contribution in [0.15, 0.2) is 42.5 Å². The van der Waals surface area contributed by atoms with Gasteiger partial charge in [0.15, 0.2) is 0 Å². The number of aliphatic hydroxyl groups excluding tert-OH is 1. The van der Waals surface area contributed by atoms with E-state index in [4.69, 9.17) is 0 Å². The minimum Gasteiger partial charge on any atom is -0.384 e. The van der Waals surface area contributed by atoms with Crippen LogP contribution in [0.4, 0.5) is 31.1 Å². The highest BCUT2D eigenvalue weighted by molar-refractivity contribution is 5.80. The SMILES string of the molecule is Cc1ccccc1[C@H]1[C@@H]2CN(C(=O)C(C)O)CC2CCN1C(=O)N(C)C(C)c1ccc(C(F)(F)F)cc1C(F)(F)F. The molecular weight excluding hydrogens is 552 g/mol. The first-order valence-corrected chi connectivity index (χ1v) is 13.4. The maximum atomic E-state index is 14.0. The standard InChI is InChI=1S/C29H33F6N3O3/c1-16-7-5-6-8-21(16)25-23-15-37(26(40)18(3)39)14-19(23)11-12-38(25)27(41)36(4)17(2)22-10-9-20(28(30,31)32)13-24(22)29(33,34)35/h5-10,13,17-19,23,25,39H,11-12,14-15H2,1-4H3/t17?,18?,19?,23-,25+/m1/s1. The molecule has 224 valence electrons. The molecule has 5 atom stereocenters. The summed E-state index contributed by atoms with van der Waals surface area (Å²) in [5, 5.41) is 9.86. The van der Waals surface area contributed by atoms with Crippen molar-refractivity contribution < 1.29 is 41.0 Å². The van der Waals surface area contributed by atoms with Gasteiger partial charge >= 0.3 is 18.4 Å². The Hall–Kier alpha value is -3.28. The van der Waals surface area contributed by atoms with E-state index in [9.17, 15) is 41.0 Å². The van der Waals surface area contributed by atoms with Crippen LogP contribution >= 0.6 is 0 Å². The lowest BCUT2D eigenvalue weighted by Gasteiger charge is -2.45. The van der Waals surface area contributed by atoms with Gasteiger partial charge in [0.1, 0.15) is 6.10 Å². The maximum Gasteiger partial charge on any atom is 0.416 e. The molecule has 41 heavy (non-hydrogen) atoms. The first-order valence-electron chi connectivity index (χ1n) is 13.4. The maximum absolute atomic E-state index is 14.0. The van der Waals surface area contributed by atoms with E-state index in [0.717, 1.165) is 22.1 Å². The van der Waals surface area contributed by atoms with Gasteiger partial charge in [-0.25, -0.2) is 4.79 Å². The number of benzene rings is 2. The summed E-state index contributed by atoms with van der Waals surface area (Å²) in [6, 6.07) is 6.62. The van der Waals surface area contributed by atoms with Gasteiger partial charge < -0.3 is 19.8 Å². The predicted molar refractivity (Wildman–Crippen MR) is 139 cm³/mol. The van der Waals surface area contributed by atoms with Crippen molar-refractivity contribution in [2.24, 2.45) is 11.8 Å². The van der Waals surface area contributed by atoms with Gasteiger partial charge in [0, 0.05) is 32.6 Å². The van der Waals surface area contributed by atoms with Gasteiger partial charge in [0.2, 0.25) is 0 Å². The number of hydrogen-bond donors (Lipinski definition) is 1. The summed E-state index contributed by atoms with van der Waals surface area (Å²) in [7, 11) is 1.34. The number of amides is 3. The highest BCUT2D eigenvalue weighted by Crippen LogP contribution is 2.46. The summed E-state index contributed by atoms with van der Waals surface area (Å²) in [6.45, 7) is 5.63. The molecule has 3 amide bonds. The zero-order valence-electron chi connectivity index (χ0n) is 23.1. The first kappa shape index (κ1) is 30.7. The van der Waals surface area contributed by atoms with E-state index in [1.165, 1.54) is 20.9 Å². The third-order valence-electron chi connectivity index (χ3n) is 8.41. The van der Waals surface area contributed by atoms with Gasteiger partial charge in [-0.05, 0) is 61.9 Å². The fraction of sp³-hybridized carbons (Fsp3) is 0.517. The summed E-state index contributed by atoms with van der Waals surface area (Å²) < 4.78 is 81.3.